The quantitative estimate of drug-likeness (QED) is 0.831. The van der Waals surface area contributed by atoms with E-state index in [1.165, 1.54) is 0 Å². The molecule has 2 rings (SSSR count). The third kappa shape index (κ3) is 1.99. The molecule has 1 saturated carbocycles. The highest BCUT2D eigenvalue weighted by Gasteiger charge is 2.25. The molecule has 0 aromatic heterocycles. The van der Waals surface area contributed by atoms with Gasteiger partial charge in [0.15, 0.2) is 0 Å². The number of halogens is 1. The zero-order valence-electron chi connectivity index (χ0n) is 7.50. The molecule has 1 amide bonds. The van der Waals surface area contributed by atoms with E-state index in [-0.39, 0.29) is 6.10 Å². The third-order valence-corrected chi connectivity index (χ3v) is 2.26. The minimum Gasteiger partial charge on any atom is -0.490 e. The van der Waals surface area contributed by atoms with Crippen LogP contribution in [0.5, 0.6) is 5.75 Å². The lowest BCUT2D eigenvalue weighted by molar-refractivity contribution is 0.0996. The van der Waals surface area contributed by atoms with Crippen LogP contribution in [0.3, 0.4) is 0 Å². The second-order valence-corrected chi connectivity index (χ2v) is 3.76. The number of carbonyl (C=O) groups excluding carboxylic acids is 1. The van der Waals surface area contributed by atoms with Crippen molar-refractivity contribution in [1.82, 2.24) is 0 Å². The number of hydrogen-bond acceptors (Lipinski definition) is 2. The van der Waals surface area contributed by atoms with Crippen molar-refractivity contribution in [2.45, 2.75) is 18.9 Å². The van der Waals surface area contributed by atoms with Crippen molar-refractivity contribution in [2.75, 3.05) is 0 Å². The summed E-state index contributed by atoms with van der Waals surface area (Å²) in [5, 5.41) is 0.547. The lowest BCUT2D eigenvalue weighted by atomic mass is 10.2. The molecule has 0 unspecified atom stereocenters. The van der Waals surface area contributed by atoms with Crippen LogP contribution >= 0.6 is 11.6 Å². The molecule has 74 valence electrons. The standard InChI is InChI=1S/C10H10ClNO2/c11-6-1-4-8(10(12)13)9(5-6)14-7-2-3-7/h1,4-5,7H,2-3H2,(H2,12,13). The van der Waals surface area contributed by atoms with Crippen molar-refractivity contribution >= 4 is 17.5 Å². The minimum atomic E-state index is -0.489. The molecule has 0 saturated heterocycles. The van der Waals surface area contributed by atoms with Crippen molar-refractivity contribution < 1.29 is 9.53 Å². The number of nitrogens with two attached hydrogens (primary N) is 1. The van der Waals surface area contributed by atoms with E-state index in [1.807, 2.05) is 0 Å². The molecular formula is C10H10ClNO2. The Balaban J connectivity index is 2.31. The number of ether oxygens (including phenoxy) is 1. The maximum absolute atomic E-state index is 11.0. The predicted octanol–water partition coefficient (Wildman–Crippen LogP) is 1.98. The molecule has 0 aliphatic heterocycles. The molecule has 1 aromatic rings. The maximum Gasteiger partial charge on any atom is 0.252 e. The minimum absolute atomic E-state index is 0.228. The number of rotatable bonds is 3. The molecule has 1 aromatic carbocycles. The van der Waals surface area contributed by atoms with Crippen LogP contribution in [0.2, 0.25) is 5.02 Å². The predicted molar refractivity (Wildman–Crippen MR) is 53.6 cm³/mol. The summed E-state index contributed by atoms with van der Waals surface area (Å²) in [7, 11) is 0. The van der Waals surface area contributed by atoms with Gasteiger partial charge in [-0.05, 0) is 31.0 Å². The van der Waals surface area contributed by atoms with Crippen LogP contribution < -0.4 is 10.5 Å². The maximum atomic E-state index is 11.0. The zero-order chi connectivity index (χ0) is 10.1. The Morgan fingerprint density at radius 2 is 2.21 bits per heavy atom. The van der Waals surface area contributed by atoms with E-state index in [9.17, 15) is 4.79 Å². The van der Waals surface area contributed by atoms with Gasteiger partial charge in [-0.25, -0.2) is 0 Å². The first-order valence-electron chi connectivity index (χ1n) is 4.43. The van der Waals surface area contributed by atoms with Crippen molar-refractivity contribution in [1.29, 1.82) is 0 Å². The first-order chi connectivity index (χ1) is 6.66. The van der Waals surface area contributed by atoms with Gasteiger partial charge in [-0.15, -0.1) is 0 Å². The van der Waals surface area contributed by atoms with Gasteiger partial charge in [0.2, 0.25) is 0 Å². The molecular weight excluding hydrogens is 202 g/mol. The van der Waals surface area contributed by atoms with Gasteiger partial charge < -0.3 is 10.5 Å². The summed E-state index contributed by atoms with van der Waals surface area (Å²) in [5.74, 6) is 0.00446. The summed E-state index contributed by atoms with van der Waals surface area (Å²) in [6, 6.07) is 4.84. The Morgan fingerprint density at radius 1 is 1.50 bits per heavy atom. The Hall–Kier alpha value is -1.22. The van der Waals surface area contributed by atoms with E-state index >= 15 is 0 Å². The number of carbonyl (C=O) groups is 1. The molecule has 2 N–H and O–H groups in total. The lowest BCUT2D eigenvalue weighted by Gasteiger charge is -2.08. The Morgan fingerprint density at radius 3 is 2.79 bits per heavy atom. The molecule has 3 nitrogen and oxygen atoms in total. The molecule has 4 heteroatoms. The highest BCUT2D eigenvalue weighted by atomic mass is 35.5. The molecule has 14 heavy (non-hydrogen) atoms. The first-order valence-corrected chi connectivity index (χ1v) is 4.80. The van der Waals surface area contributed by atoms with Crippen molar-refractivity contribution in [2.24, 2.45) is 5.73 Å². The average Bonchev–Trinajstić information content (AvgIpc) is 2.87. The van der Waals surface area contributed by atoms with Crippen LogP contribution in [0.25, 0.3) is 0 Å². The lowest BCUT2D eigenvalue weighted by Crippen LogP contribution is -2.13. The highest BCUT2D eigenvalue weighted by molar-refractivity contribution is 6.30. The molecule has 1 aliphatic rings. The van der Waals surface area contributed by atoms with E-state index < -0.39 is 5.91 Å². The van der Waals surface area contributed by atoms with Crippen LogP contribution in [0.4, 0.5) is 0 Å². The Bertz CT molecular complexity index is 374. The monoisotopic (exact) mass is 211 g/mol. The number of hydrogen-bond donors (Lipinski definition) is 1. The molecule has 0 bridgehead atoms. The van der Waals surface area contributed by atoms with Gasteiger partial charge in [0.05, 0.1) is 11.7 Å². The van der Waals surface area contributed by atoms with Crippen LogP contribution in [0, 0.1) is 0 Å². The molecule has 0 radical (unpaired) electrons. The topological polar surface area (TPSA) is 52.3 Å². The fraction of sp³-hybridized carbons (Fsp3) is 0.300. The second-order valence-electron chi connectivity index (χ2n) is 3.32. The zero-order valence-corrected chi connectivity index (χ0v) is 8.25. The summed E-state index contributed by atoms with van der Waals surface area (Å²) in [6.45, 7) is 0. The summed E-state index contributed by atoms with van der Waals surface area (Å²) >= 11 is 5.79. The van der Waals surface area contributed by atoms with Gasteiger partial charge in [0.1, 0.15) is 5.75 Å². The molecule has 0 heterocycles. The smallest absolute Gasteiger partial charge is 0.252 e. The summed E-state index contributed by atoms with van der Waals surface area (Å²) in [6.07, 6.45) is 2.29. The van der Waals surface area contributed by atoms with E-state index in [1.54, 1.807) is 18.2 Å². The summed E-state index contributed by atoms with van der Waals surface area (Å²) in [4.78, 5) is 11.0. The average molecular weight is 212 g/mol. The van der Waals surface area contributed by atoms with Crippen molar-refractivity contribution in [3.63, 3.8) is 0 Å². The van der Waals surface area contributed by atoms with Gasteiger partial charge in [-0.3, -0.25) is 4.79 Å². The third-order valence-electron chi connectivity index (χ3n) is 2.03. The van der Waals surface area contributed by atoms with Gasteiger partial charge in [0.25, 0.3) is 5.91 Å². The van der Waals surface area contributed by atoms with E-state index in [0.29, 0.717) is 16.3 Å². The van der Waals surface area contributed by atoms with Gasteiger partial charge >= 0.3 is 0 Å². The Labute approximate surface area is 86.8 Å². The van der Waals surface area contributed by atoms with Gasteiger partial charge in [0, 0.05) is 5.02 Å². The van der Waals surface area contributed by atoms with E-state index in [0.717, 1.165) is 12.8 Å². The normalized spacial score (nSPS) is 15.2. The Kier molecular flexibility index (Phi) is 2.33. The van der Waals surface area contributed by atoms with Crippen LogP contribution in [-0.4, -0.2) is 12.0 Å². The summed E-state index contributed by atoms with van der Waals surface area (Å²) in [5.41, 5.74) is 5.59. The highest BCUT2D eigenvalue weighted by Crippen LogP contribution is 2.30. The first kappa shape index (κ1) is 9.34. The van der Waals surface area contributed by atoms with Gasteiger partial charge in [-0.2, -0.15) is 0 Å². The second kappa shape index (κ2) is 3.50. The number of benzene rings is 1. The fourth-order valence-corrected chi connectivity index (χ4v) is 1.32. The van der Waals surface area contributed by atoms with Crippen molar-refractivity contribution in [3.8, 4) is 5.75 Å². The number of primary amides is 1. The number of amides is 1. The molecule has 0 spiro atoms. The summed E-state index contributed by atoms with van der Waals surface area (Å²) < 4.78 is 5.51. The SMILES string of the molecule is NC(=O)c1ccc(Cl)cc1OC1CC1. The van der Waals surface area contributed by atoms with Crippen LogP contribution in [0.1, 0.15) is 23.2 Å². The van der Waals surface area contributed by atoms with Crippen LogP contribution in [0.15, 0.2) is 18.2 Å². The largest absolute Gasteiger partial charge is 0.490 e. The van der Waals surface area contributed by atoms with Crippen LogP contribution in [-0.2, 0) is 0 Å². The molecule has 0 atom stereocenters. The molecule has 1 fully saturated rings. The van der Waals surface area contributed by atoms with Crippen molar-refractivity contribution in [3.05, 3.63) is 28.8 Å². The van der Waals surface area contributed by atoms with Gasteiger partial charge in [-0.1, -0.05) is 11.6 Å². The molecule has 1 aliphatic carbocycles. The van der Waals surface area contributed by atoms with E-state index in [4.69, 9.17) is 22.1 Å². The van der Waals surface area contributed by atoms with E-state index in [2.05, 4.69) is 0 Å². The fourth-order valence-electron chi connectivity index (χ4n) is 1.16.